The van der Waals surface area contributed by atoms with Crippen molar-refractivity contribution in [3.8, 4) is 0 Å². The Morgan fingerprint density at radius 3 is 2.07 bits per heavy atom. The molecule has 0 aliphatic carbocycles. The van der Waals surface area contributed by atoms with E-state index in [9.17, 15) is 16.8 Å². The number of hydrogen-bond donors (Lipinski definition) is 0. The van der Waals surface area contributed by atoms with E-state index in [-0.39, 0.29) is 9.40 Å². The molecule has 1 rings (SSSR count). The summed E-state index contributed by atoms with van der Waals surface area (Å²) in [6.45, 7) is 0. The molecule has 6 nitrogen and oxygen atoms in total. The van der Waals surface area contributed by atoms with Crippen LogP contribution in [0.2, 0.25) is 0 Å². The molecule has 0 aliphatic heterocycles. The molecule has 0 saturated heterocycles. The number of hydrogen-bond acceptors (Lipinski definition) is 5. The fourth-order valence-corrected chi connectivity index (χ4v) is 3.91. The molecule has 0 N–H and O–H groups in total. The average molecular weight is 249 g/mol. The highest BCUT2D eigenvalue weighted by Crippen LogP contribution is 2.18. The standard InChI is InChI=1S/C7H9N2O4S2/c1-14(10,11)9(15(2,12)13)7-4-3-5-8-6-7/h3-5H,1-2H3. The van der Waals surface area contributed by atoms with Crippen LogP contribution in [0.3, 0.4) is 0 Å². The smallest absolute Gasteiger partial charge is 0.245 e. The molecule has 0 bridgehead atoms. The Labute approximate surface area is 88.7 Å². The molecule has 1 aromatic heterocycles. The van der Waals surface area contributed by atoms with Crippen LogP contribution < -0.4 is 3.71 Å². The van der Waals surface area contributed by atoms with Crippen LogP contribution in [0, 0.1) is 6.20 Å². The zero-order valence-corrected chi connectivity index (χ0v) is 9.71. The van der Waals surface area contributed by atoms with Crippen LogP contribution in [0.1, 0.15) is 0 Å². The normalized spacial score (nSPS) is 12.4. The molecule has 0 unspecified atom stereocenters. The third-order valence-electron chi connectivity index (χ3n) is 1.39. The lowest BCUT2D eigenvalue weighted by Crippen LogP contribution is -2.35. The summed E-state index contributed by atoms with van der Waals surface area (Å²) in [4.78, 5) is 3.54. The molecule has 1 radical (unpaired) electrons. The predicted octanol–water partition coefficient (Wildman–Crippen LogP) is -0.393. The zero-order chi connectivity index (χ0) is 11.7. The van der Waals surface area contributed by atoms with Crippen molar-refractivity contribution in [1.29, 1.82) is 0 Å². The van der Waals surface area contributed by atoms with Gasteiger partial charge >= 0.3 is 0 Å². The molecule has 83 valence electrons. The molecule has 0 fully saturated rings. The van der Waals surface area contributed by atoms with Crippen molar-refractivity contribution in [1.82, 2.24) is 4.98 Å². The van der Waals surface area contributed by atoms with Crippen molar-refractivity contribution in [2.45, 2.75) is 0 Å². The van der Waals surface area contributed by atoms with Gasteiger partial charge in [-0.25, -0.2) is 16.8 Å². The van der Waals surface area contributed by atoms with Gasteiger partial charge in [0.25, 0.3) is 0 Å². The van der Waals surface area contributed by atoms with Crippen LogP contribution in [0.25, 0.3) is 0 Å². The van der Waals surface area contributed by atoms with Crippen LogP contribution in [-0.2, 0) is 20.0 Å². The first-order chi connectivity index (χ1) is 6.73. The summed E-state index contributed by atoms with van der Waals surface area (Å²) < 4.78 is 45.4. The van der Waals surface area contributed by atoms with E-state index in [0.29, 0.717) is 0 Å². The van der Waals surface area contributed by atoms with Gasteiger partial charge in [-0.3, -0.25) is 4.98 Å². The number of aromatic nitrogens is 1. The van der Waals surface area contributed by atoms with Gasteiger partial charge in [-0.1, -0.05) is 0 Å². The minimum atomic E-state index is -3.90. The molecule has 0 atom stereocenters. The second-order valence-corrected chi connectivity index (χ2v) is 6.75. The number of pyridine rings is 1. The number of nitrogens with zero attached hydrogens (tertiary/aromatic N) is 2. The molecule has 1 aromatic rings. The number of rotatable bonds is 3. The SMILES string of the molecule is CS(=O)(=O)N(c1[c]nccc1)S(C)(=O)=O. The first-order valence-corrected chi connectivity index (χ1v) is 7.46. The van der Waals surface area contributed by atoms with Gasteiger partial charge in [-0.05, 0) is 12.1 Å². The summed E-state index contributed by atoms with van der Waals surface area (Å²) in [6, 6.07) is 2.73. The van der Waals surface area contributed by atoms with Crippen LogP contribution in [0.5, 0.6) is 0 Å². The highest BCUT2D eigenvalue weighted by atomic mass is 32.3. The van der Waals surface area contributed by atoms with E-state index in [1.807, 2.05) is 0 Å². The molecule has 1 heterocycles. The zero-order valence-electron chi connectivity index (χ0n) is 8.08. The second kappa shape index (κ2) is 3.78. The summed E-state index contributed by atoms with van der Waals surface area (Å²) in [6.07, 6.45) is 5.27. The lowest BCUT2D eigenvalue weighted by molar-refractivity contribution is 0.590. The molecular formula is C7H9N2O4S2. The molecule has 0 saturated carbocycles. The molecule has 0 aromatic carbocycles. The molecule has 8 heteroatoms. The highest BCUT2D eigenvalue weighted by Gasteiger charge is 2.27. The molecule has 0 aliphatic rings. The summed E-state index contributed by atoms with van der Waals surface area (Å²) in [5, 5.41) is 0. The third-order valence-corrected chi connectivity index (χ3v) is 4.62. The van der Waals surface area contributed by atoms with Gasteiger partial charge in [0.1, 0.15) is 6.20 Å². The van der Waals surface area contributed by atoms with Crippen LogP contribution >= 0.6 is 0 Å². The van der Waals surface area contributed by atoms with Gasteiger partial charge in [0.05, 0.1) is 18.2 Å². The summed E-state index contributed by atoms with van der Waals surface area (Å²) >= 11 is 0. The molecule has 0 amide bonds. The first kappa shape index (κ1) is 11.9. The van der Waals surface area contributed by atoms with Gasteiger partial charge < -0.3 is 0 Å². The van der Waals surface area contributed by atoms with Crippen molar-refractivity contribution < 1.29 is 16.8 Å². The Kier molecular flexibility index (Phi) is 3.00. The van der Waals surface area contributed by atoms with E-state index in [0.717, 1.165) is 12.5 Å². The van der Waals surface area contributed by atoms with E-state index in [4.69, 9.17) is 0 Å². The van der Waals surface area contributed by atoms with Crippen molar-refractivity contribution in [3.63, 3.8) is 0 Å². The summed E-state index contributed by atoms with van der Waals surface area (Å²) in [5.41, 5.74) is -0.123. The van der Waals surface area contributed by atoms with Crippen LogP contribution in [0.4, 0.5) is 5.69 Å². The van der Waals surface area contributed by atoms with E-state index >= 15 is 0 Å². The Morgan fingerprint density at radius 2 is 1.73 bits per heavy atom. The minimum absolute atomic E-state index is 0.123. The van der Waals surface area contributed by atoms with Gasteiger partial charge in [0, 0.05) is 6.20 Å². The van der Waals surface area contributed by atoms with E-state index in [2.05, 4.69) is 11.2 Å². The summed E-state index contributed by atoms with van der Waals surface area (Å²) in [7, 11) is -7.80. The van der Waals surface area contributed by atoms with Gasteiger partial charge in [-0.15, -0.1) is 0 Å². The maximum atomic E-state index is 11.3. The lowest BCUT2D eigenvalue weighted by Gasteiger charge is -2.18. The maximum absolute atomic E-state index is 11.3. The van der Waals surface area contributed by atoms with Crippen LogP contribution in [-0.4, -0.2) is 34.3 Å². The predicted molar refractivity (Wildman–Crippen MR) is 55.2 cm³/mol. The Morgan fingerprint density at radius 1 is 1.20 bits per heavy atom. The van der Waals surface area contributed by atoms with E-state index in [1.165, 1.54) is 18.3 Å². The van der Waals surface area contributed by atoms with Crippen molar-refractivity contribution in [2.75, 3.05) is 16.2 Å². The monoisotopic (exact) mass is 249 g/mol. The van der Waals surface area contributed by atoms with Crippen molar-refractivity contribution in [2.24, 2.45) is 0 Å². The highest BCUT2D eigenvalue weighted by molar-refractivity contribution is 8.09. The average Bonchev–Trinajstić information content (AvgIpc) is 2.00. The second-order valence-electron chi connectivity index (χ2n) is 2.86. The minimum Gasteiger partial charge on any atom is -0.252 e. The lowest BCUT2D eigenvalue weighted by atomic mass is 10.4. The topological polar surface area (TPSA) is 84.4 Å². The molecule has 0 spiro atoms. The van der Waals surface area contributed by atoms with Gasteiger partial charge in [0.15, 0.2) is 0 Å². The first-order valence-electron chi connectivity index (χ1n) is 3.76. The quantitative estimate of drug-likeness (QED) is 0.728. The Bertz CT molecular complexity index is 504. The number of sulfonamides is 2. The fraction of sp³-hybridized carbons (Fsp3) is 0.286. The van der Waals surface area contributed by atoms with Crippen molar-refractivity contribution in [3.05, 3.63) is 24.5 Å². The van der Waals surface area contributed by atoms with Crippen LogP contribution in [0.15, 0.2) is 18.3 Å². The maximum Gasteiger partial charge on any atom is 0.245 e. The number of anilines is 1. The van der Waals surface area contributed by atoms with Crippen molar-refractivity contribution >= 4 is 25.7 Å². The summed E-state index contributed by atoms with van der Waals surface area (Å²) in [5.74, 6) is 0. The van der Waals surface area contributed by atoms with E-state index < -0.39 is 20.0 Å². The van der Waals surface area contributed by atoms with Gasteiger partial charge in [-0.2, -0.15) is 3.71 Å². The van der Waals surface area contributed by atoms with Gasteiger partial charge in [0.2, 0.25) is 20.0 Å². The Hall–Kier alpha value is -1.15. The largest absolute Gasteiger partial charge is 0.252 e. The molecular weight excluding hydrogens is 240 g/mol. The molecule has 15 heavy (non-hydrogen) atoms. The Balaban J connectivity index is 3.41. The third kappa shape index (κ3) is 2.90. The fourth-order valence-electron chi connectivity index (χ4n) is 1.02. The van der Waals surface area contributed by atoms with E-state index in [1.54, 1.807) is 0 Å².